The molecule has 0 saturated carbocycles. The summed E-state index contributed by atoms with van der Waals surface area (Å²) < 4.78 is 12.8. The van der Waals surface area contributed by atoms with Gasteiger partial charge in [-0.2, -0.15) is 0 Å². The molecule has 0 saturated heterocycles. The molecule has 22 heavy (non-hydrogen) atoms. The zero-order valence-corrected chi connectivity index (χ0v) is 13.6. The van der Waals surface area contributed by atoms with Crippen LogP contribution in [0.3, 0.4) is 0 Å². The van der Waals surface area contributed by atoms with Crippen LogP contribution in [0.2, 0.25) is 0 Å². The molecule has 1 aliphatic heterocycles. The van der Waals surface area contributed by atoms with Crippen LogP contribution < -0.4 is 14.4 Å². The number of likely N-dealkylation sites (N-methyl/N-ethyl adjacent to an activating group) is 1. The number of fused-ring (bicyclic) bond motifs is 1. The normalized spacial score (nSPS) is 17.1. The fourth-order valence-corrected chi connectivity index (χ4v) is 2.11. The molecule has 3 rings (SSSR count). The van der Waals surface area contributed by atoms with E-state index in [4.69, 9.17) is 15.2 Å². The second-order valence-corrected chi connectivity index (χ2v) is 4.82. The summed E-state index contributed by atoms with van der Waals surface area (Å²) in [5.74, 6) is 1.29. The first kappa shape index (κ1) is 16.5. The Bertz CT molecular complexity index is 688. The van der Waals surface area contributed by atoms with Crippen LogP contribution in [0.15, 0.2) is 30.5 Å². The number of rotatable bonds is 2. The Morgan fingerprint density at radius 1 is 1.36 bits per heavy atom. The van der Waals surface area contributed by atoms with Gasteiger partial charge < -0.3 is 20.1 Å². The minimum Gasteiger partial charge on any atom is -0.664 e. The fraction of sp³-hybridized carbons (Fsp3) is 0.286. The first-order valence-corrected chi connectivity index (χ1v) is 6.47. The van der Waals surface area contributed by atoms with Gasteiger partial charge in [0.2, 0.25) is 11.8 Å². The molecule has 0 aliphatic carbocycles. The number of nitrogens with zero attached hydrogens (tertiary/aromatic N) is 3. The van der Waals surface area contributed by atoms with Gasteiger partial charge in [0.05, 0.1) is 12.3 Å². The molecule has 1 amide bonds. The quantitative estimate of drug-likeness (QED) is 0.731. The van der Waals surface area contributed by atoms with Gasteiger partial charge in [-0.05, 0) is 18.2 Å². The Balaban J connectivity index is 0.00000176. The molecule has 2 heterocycles. The first-order chi connectivity index (χ1) is 10.0. The molecule has 0 bridgehead atoms. The summed E-state index contributed by atoms with van der Waals surface area (Å²) in [5.41, 5.74) is 8.29. The summed E-state index contributed by atoms with van der Waals surface area (Å²) in [7, 11) is 3.43. The molecule has 1 N–H and O–H groups in total. The van der Waals surface area contributed by atoms with Crippen LogP contribution in [0.25, 0.3) is 5.73 Å². The molecule has 2 aromatic rings. The largest absolute Gasteiger partial charge is 0.664 e. The number of anilines is 1. The molecule has 120 valence electrons. The third kappa shape index (κ3) is 3.14. The molecule has 8 heteroatoms. The van der Waals surface area contributed by atoms with Crippen molar-refractivity contribution < 1.29 is 34.7 Å². The van der Waals surface area contributed by atoms with Crippen LogP contribution in [-0.2, 0) is 32.3 Å². The molecule has 1 aromatic carbocycles. The maximum atomic E-state index is 12.0. The maximum Gasteiger partial charge on any atom is 0.238 e. The van der Waals surface area contributed by atoms with Gasteiger partial charge in [-0.25, -0.2) is 0 Å². The predicted octanol–water partition coefficient (Wildman–Crippen LogP) is 1.99. The van der Waals surface area contributed by atoms with Gasteiger partial charge in [-0.1, -0.05) is 0 Å². The Labute approximate surface area is 141 Å². The molecular weight excluding hydrogens is 379 g/mol. The summed E-state index contributed by atoms with van der Waals surface area (Å²) >= 11 is 0. The standard InChI is InChI=1S/C14H15N4O3.Pd/c1-17-6-5-13(16-17)21-9-3-4-12-11(7-9)18(2)14(19)10(15)8-20-12;/h3-7,10,15H,8H2,1-2H3;/q-1;/t10-;/m0./s1. The molecule has 1 aromatic heterocycles. The average Bonchev–Trinajstić information content (AvgIpc) is 2.84. The van der Waals surface area contributed by atoms with Gasteiger partial charge in [0.15, 0.2) is 0 Å². The number of amides is 1. The van der Waals surface area contributed by atoms with E-state index < -0.39 is 6.04 Å². The van der Waals surface area contributed by atoms with E-state index in [1.165, 1.54) is 4.90 Å². The van der Waals surface area contributed by atoms with E-state index in [-0.39, 0.29) is 32.9 Å². The van der Waals surface area contributed by atoms with Crippen molar-refractivity contribution in [1.29, 1.82) is 0 Å². The molecule has 0 spiro atoms. The van der Waals surface area contributed by atoms with Crippen LogP contribution >= 0.6 is 0 Å². The minimum atomic E-state index is -0.914. The Morgan fingerprint density at radius 2 is 2.14 bits per heavy atom. The van der Waals surface area contributed by atoms with Crippen LogP contribution in [0.5, 0.6) is 17.4 Å². The van der Waals surface area contributed by atoms with Crippen molar-refractivity contribution in [3.05, 3.63) is 36.2 Å². The zero-order valence-electron chi connectivity index (χ0n) is 12.1. The van der Waals surface area contributed by atoms with Crippen LogP contribution in [0.4, 0.5) is 5.69 Å². The number of benzene rings is 1. The van der Waals surface area contributed by atoms with Crippen molar-refractivity contribution in [3.63, 3.8) is 0 Å². The van der Waals surface area contributed by atoms with Crippen molar-refractivity contribution in [3.8, 4) is 17.4 Å². The van der Waals surface area contributed by atoms with Crippen LogP contribution in [-0.4, -0.2) is 35.4 Å². The van der Waals surface area contributed by atoms with E-state index in [0.29, 0.717) is 23.1 Å². The van der Waals surface area contributed by atoms with Gasteiger partial charge in [-0.15, -0.1) is 5.10 Å². The van der Waals surface area contributed by atoms with Crippen molar-refractivity contribution in [2.75, 3.05) is 18.6 Å². The van der Waals surface area contributed by atoms with E-state index in [2.05, 4.69) is 5.10 Å². The Morgan fingerprint density at radius 3 is 2.82 bits per heavy atom. The summed E-state index contributed by atoms with van der Waals surface area (Å²) in [4.78, 5) is 13.4. The van der Waals surface area contributed by atoms with E-state index in [1.54, 1.807) is 49.2 Å². The van der Waals surface area contributed by atoms with E-state index in [9.17, 15) is 4.79 Å². The summed E-state index contributed by atoms with van der Waals surface area (Å²) in [6.07, 6.45) is 1.78. The Hall–Kier alpha value is -1.88. The number of aryl methyl sites for hydroxylation is 1. The topological polar surface area (TPSA) is 80.4 Å². The van der Waals surface area contributed by atoms with Gasteiger partial charge in [0.1, 0.15) is 11.5 Å². The monoisotopic (exact) mass is 393 g/mol. The van der Waals surface area contributed by atoms with E-state index in [0.717, 1.165) is 0 Å². The number of aromatic nitrogens is 2. The number of carbonyl (C=O) groups is 1. The van der Waals surface area contributed by atoms with Gasteiger partial charge in [0.25, 0.3) is 0 Å². The van der Waals surface area contributed by atoms with Gasteiger partial charge in [-0.3, -0.25) is 9.48 Å². The van der Waals surface area contributed by atoms with E-state index in [1.807, 2.05) is 0 Å². The number of carbonyl (C=O) groups excluding carboxylic acids is 1. The second-order valence-electron chi connectivity index (χ2n) is 4.82. The fourth-order valence-electron chi connectivity index (χ4n) is 2.11. The van der Waals surface area contributed by atoms with Crippen molar-refractivity contribution in [2.24, 2.45) is 7.05 Å². The summed E-state index contributed by atoms with van der Waals surface area (Å²) in [6, 6.07) is 6.02. The molecule has 0 unspecified atom stereocenters. The van der Waals surface area contributed by atoms with Crippen molar-refractivity contribution in [2.45, 2.75) is 6.04 Å². The van der Waals surface area contributed by atoms with Crippen molar-refractivity contribution in [1.82, 2.24) is 9.78 Å². The zero-order chi connectivity index (χ0) is 15.0. The second kappa shape index (κ2) is 6.48. The number of ether oxygens (including phenoxy) is 2. The summed E-state index contributed by atoms with van der Waals surface area (Å²) in [5, 5.41) is 4.14. The summed E-state index contributed by atoms with van der Waals surface area (Å²) in [6.45, 7) is 0.0522. The predicted molar refractivity (Wildman–Crippen MR) is 76.7 cm³/mol. The number of nitrogens with one attached hydrogen (secondary N) is 1. The molecule has 0 radical (unpaired) electrons. The SMILES string of the molecule is CN1C(=O)[C@@H]([NH-])COc2ccc(Oc3ccn(C)n3)cc21.[Pd]. The van der Waals surface area contributed by atoms with Crippen molar-refractivity contribution >= 4 is 11.6 Å². The third-order valence-electron chi connectivity index (χ3n) is 3.24. The Kier molecular flexibility index (Phi) is 4.86. The average molecular weight is 394 g/mol. The van der Waals surface area contributed by atoms with Crippen LogP contribution in [0.1, 0.15) is 0 Å². The van der Waals surface area contributed by atoms with Gasteiger partial charge >= 0.3 is 0 Å². The number of hydrogen-bond acceptors (Lipinski definition) is 4. The molecule has 7 nitrogen and oxygen atoms in total. The molecule has 0 fully saturated rings. The maximum absolute atomic E-state index is 12.0. The molecular formula is C14H15N4O3Pd-. The third-order valence-corrected chi connectivity index (χ3v) is 3.24. The number of hydrogen-bond donors (Lipinski definition) is 0. The molecule has 1 atom stereocenters. The van der Waals surface area contributed by atoms with Crippen LogP contribution in [0, 0.1) is 0 Å². The molecule has 1 aliphatic rings. The van der Waals surface area contributed by atoms with E-state index >= 15 is 0 Å². The smallest absolute Gasteiger partial charge is 0.238 e. The minimum absolute atomic E-state index is 0. The van der Waals surface area contributed by atoms with Gasteiger partial charge in [0, 0.05) is 52.8 Å². The first-order valence-electron chi connectivity index (χ1n) is 6.47.